The van der Waals surface area contributed by atoms with Crippen molar-refractivity contribution in [3.8, 4) is 0 Å². The summed E-state index contributed by atoms with van der Waals surface area (Å²) in [5.74, 6) is -1.14. The molecule has 0 fully saturated rings. The second kappa shape index (κ2) is 3.04. The Hall–Kier alpha value is -1.45. The van der Waals surface area contributed by atoms with Crippen molar-refractivity contribution in [1.82, 2.24) is 0 Å². The summed E-state index contributed by atoms with van der Waals surface area (Å²) in [6, 6.07) is 2.29. The molecule has 14 heavy (non-hydrogen) atoms. The molecule has 1 unspecified atom stereocenters. The Morgan fingerprint density at radius 2 is 2.00 bits per heavy atom. The number of amidine groups is 1. The lowest BCUT2D eigenvalue weighted by Crippen LogP contribution is -2.18. The molecule has 74 valence electrons. The smallest absolute Gasteiger partial charge is 0.160 e. The van der Waals surface area contributed by atoms with Crippen molar-refractivity contribution in [3.05, 3.63) is 29.3 Å². The highest BCUT2D eigenvalue weighted by Crippen LogP contribution is 2.34. The molecular formula is C10H10F2N2. The van der Waals surface area contributed by atoms with Crippen molar-refractivity contribution >= 4 is 11.5 Å². The molecule has 2 nitrogen and oxygen atoms in total. The van der Waals surface area contributed by atoms with Gasteiger partial charge in [0.15, 0.2) is 11.6 Å². The normalized spacial score (nSPS) is 20.2. The van der Waals surface area contributed by atoms with Crippen LogP contribution in [0.3, 0.4) is 0 Å². The highest BCUT2D eigenvalue weighted by molar-refractivity contribution is 5.86. The second-order valence-corrected chi connectivity index (χ2v) is 3.53. The molecule has 1 aliphatic heterocycles. The van der Waals surface area contributed by atoms with E-state index in [1.54, 1.807) is 0 Å². The number of nitrogens with zero attached hydrogens (tertiary/aromatic N) is 1. The summed E-state index contributed by atoms with van der Waals surface area (Å²) in [6.07, 6.45) is 0.595. The van der Waals surface area contributed by atoms with Crippen LogP contribution in [0.25, 0.3) is 0 Å². The van der Waals surface area contributed by atoms with E-state index in [2.05, 4.69) is 4.99 Å². The van der Waals surface area contributed by atoms with Crippen LogP contribution in [0.2, 0.25) is 0 Å². The van der Waals surface area contributed by atoms with Crippen LogP contribution in [0.5, 0.6) is 0 Å². The highest BCUT2D eigenvalue weighted by Gasteiger charge is 2.19. The third-order valence-corrected chi connectivity index (χ3v) is 2.38. The number of hydrogen-bond acceptors (Lipinski definition) is 2. The number of aliphatic imine (C=N–C) groups is 1. The molecule has 0 saturated carbocycles. The summed E-state index contributed by atoms with van der Waals surface area (Å²) in [4.78, 5) is 3.99. The number of rotatable bonds is 0. The topological polar surface area (TPSA) is 38.4 Å². The quantitative estimate of drug-likeness (QED) is 0.680. The molecule has 1 heterocycles. The molecule has 2 rings (SSSR count). The Morgan fingerprint density at radius 1 is 1.36 bits per heavy atom. The van der Waals surface area contributed by atoms with Gasteiger partial charge in [0.05, 0.1) is 5.69 Å². The van der Waals surface area contributed by atoms with Gasteiger partial charge in [0.2, 0.25) is 0 Å². The first kappa shape index (κ1) is 9.12. The van der Waals surface area contributed by atoms with Gasteiger partial charge in [-0.2, -0.15) is 0 Å². The lowest BCUT2D eigenvalue weighted by Gasteiger charge is -2.19. The lowest BCUT2D eigenvalue weighted by molar-refractivity contribution is 0.506. The average Bonchev–Trinajstić information content (AvgIpc) is 2.08. The van der Waals surface area contributed by atoms with Gasteiger partial charge in [0.25, 0.3) is 0 Å². The fourth-order valence-corrected chi connectivity index (χ4v) is 1.67. The Balaban J connectivity index is 2.61. The Morgan fingerprint density at radius 3 is 2.71 bits per heavy atom. The summed E-state index contributed by atoms with van der Waals surface area (Å²) < 4.78 is 25.8. The Labute approximate surface area is 80.5 Å². The summed E-state index contributed by atoms with van der Waals surface area (Å²) >= 11 is 0. The first-order valence-corrected chi connectivity index (χ1v) is 4.40. The third kappa shape index (κ3) is 1.36. The van der Waals surface area contributed by atoms with E-state index in [0.717, 1.165) is 11.6 Å². The number of benzene rings is 1. The predicted octanol–water partition coefficient (Wildman–Crippen LogP) is 2.46. The maximum absolute atomic E-state index is 12.9. The van der Waals surface area contributed by atoms with Crippen LogP contribution in [-0.2, 0) is 0 Å². The molecule has 1 aliphatic rings. The zero-order valence-electron chi connectivity index (χ0n) is 7.72. The van der Waals surface area contributed by atoms with Crippen molar-refractivity contribution in [1.29, 1.82) is 0 Å². The van der Waals surface area contributed by atoms with Crippen LogP contribution < -0.4 is 5.73 Å². The van der Waals surface area contributed by atoms with Gasteiger partial charge in [0, 0.05) is 12.5 Å². The minimum atomic E-state index is -0.880. The van der Waals surface area contributed by atoms with E-state index in [-0.39, 0.29) is 5.92 Å². The minimum absolute atomic E-state index is 0.0950. The third-order valence-electron chi connectivity index (χ3n) is 2.38. The first-order valence-electron chi connectivity index (χ1n) is 4.40. The molecule has 0 aliphatic carbocycles. The number of fused-ring (bicyclic) bond motifs is 1. The molecule has 0 aromatic heterocycles. The van der Waals surface area contributed by atoms with E-state index in [0.29, 0.717) is 17.9 Å². The average molecular weight is 196 g/mol. The number of hydrogen-bond donors (Lipinski definition) is 1. The lowest BCUT2D eigenvalue weighted by atomic mass is 9.93. The van der Waals surface area contributed by atoms with Crippen molar-refractivity contribution in [2.24, 2.45) is 10.7 Å². The van der Waals surface area contributed by atoms with Gasteiger partial charge in [0.1, 0.15) is 5.84 Å². The van der Waals surface area contributed by atoms with E-state index in [1.165, 1.54) is 6.07 Å². The molecule has 2 N–H and O–H groups in total. The van der Waals surface area contributed by atoms with E-state index in [4.69, 9.17) is 5.73 Å². The van der Waals surface area contributed by atoms with Gasteiger partial charge in [-0.15, -0.1) is 0 Å². The number of nitrogens with two attached hydrogens (primary N) is 1. The first-order chi connectivity index (χ1) is 6.58. The van der Waals surface area contributed by atoms with Gasteiger partial charge in [-0.25, -0.2) is 13.8 Å². The van der Waals surface area contributed by atoms with E-state index < -0.39 is 11.6 Å². The minimum Gasteiger partial charge on any atom is -0.387 e. The van der Waals surface area contributed by atoms with Crippen LogP contribution >= 0.6 is 0 Å². The van der Waals surface area contributed by atoms with Gasteiger partial charge >= 0.3 is 0 Å². The number of halogens is 2. The highest BCUT2D eigenvalue weighted by atomic mass is 19.2. The Kier molecular flexibility index (Phi) is 1.98. The summed E-state index contributed by atoms with van der Waals surface area (Å²) in [5.41, 5.74) is 6.73. The van der Waals surface area contributed by atoms with Crippen LogP contribution in [-0.4, -0.2) is 5.84 Å². The fourth-order valence-electron chi connectivity index (χ4n) is 1.67. The molecule has 0 bridgehead atoms. The molecular weight excluding hydrogens is 186 g/mol. The molecule has 0 amide bonds. The van der Waals surface area contributed by atoms with Gasteiger partial charge in [-0.1, -0.05) is 6.92 Å². The van der Waals surface area contributed by atoms with Crippen LogP contribution in [0.4, 0.5) is 14.5 Å². The molecule has 1 atom stereocenters. The molecule has 4 heteroatoms. The van der Waals surface area contributed by atoms with Crippen molar-refractivity contribution in [2.75, 3.05) is 0 Å². The van der Waals surface area contributed by atoms with Crippen LogP contribution in [0, 0.1) is 11.6 Å². The van der Waals surface area contributed by atoms with E-state index in [9.17, 15) is 8.78 Å². The standard InChI is InChI=1S/C10H10F2N2/c1-5-2-10(13)14-9-4-8(12)7(11)3-6(5)9/h3-5H,2H2,1H3,(H2,13,14). The summed E-state index contributed by atoms with van der Waals surface area (Å²) in [7, 11) is 0. The van der Waals surface area contributed by atoms with Crippen LogP contribution in [0.15, 0.2) is 17.1 Å². The second-order valence-electron chi connectivity index (χ2n) is 3.53. The monoisotopic (exact) mass is 196 g/mol. The fraction of sp³-hybridized carbons (Fsp3) is 0.300. The predicted molar refractivity (Wildman–Crippen MR) is 50.7 cm³/mol. The van der Waals surface area contributed by atoms with Gasteiger partial charge < -0.3 is 5.73 Å². The molecule has 1 aromatic rings. The Bertz CT molecular complexity index is 413. The van der Waals surface area contributed by atoms with E-state index >= 15 is 0 Å². The van der Waals surface area contributed by atoms with Crippen molar-refractivity contribution in [3.63, 3.8) is 0 Å². The zero-order valence-corrected chi connectivity index (χ0v) is 7.72. The van der Waals surface area contributed by atoms with Crippen molar-refractivity contribution < 1.29 is 8.78 Å². The largest absolute Gasteiger partial charge is 0.387 e. The molecule has 1 aromatic carbocycles. The summed E-state index contributed by atoms with van der Waals surface area (Å²) in [6.45, 7) is 1.91. The molecule has 0 spiro atoms. The molecule has 0 saturated heterocycles. The van der Waals surface area contributed by atoms with Gasteiger partial charge in [-0.05, 0) is 17.5 Å². The SMILES string of the molecule is CC1CC(N)=Nc2cc(F)c(F)cc21. The van der Waals surface area contributed by atoms with Gasteiger partial charge in [-0.3, -0.25) is 0 Å². The molecule has 0 radical (unpaired) electrons. The van der Waals surface area contributed by atoms with Crippen LogP contribution in [0.1, 0.15) is 24.8 Å². The maximum Gasteiger partial charge on any atom is 0.160 e. The summed E-state index contributed by atoms with van der Waals surface area (Å²) in [5, 5.41) is 0. The van der Waals surface area contributed by atoms with E-state index in [1.807, 2.05) is 6.92 Å². The maximum atomic E-state index is 12.9. The zero-order chi connectivity index (χ0) is 10.3. The van der Waals surface area contributed by atoms with Crippen molar-refractivity contribution in [2.45, 2.75) is 19.3 Å².